The summed E-state index contributed by atoms with van der Waals surface area (Å²) in [7, 11) is 0. The fourth-order valence-electron chi connectivity index (χ4n) is 1.15. The predicted octanol–water partition coefficient (Wildman–Crippen LogP) is 1.42. The van der Waals surface area contributed by atoms with Gasteiger partial charge < -0.3 is 14.9 Å². The van der Waals surface area contributed by atoms with E-state index in [0.717, 1.165) is 6.07 Å². The van der Waals surface area contributed by atoms with E-state index in [2.05, 4.69) is 0 Å². The van der Waals surface area contributed by atoms with Crippen molar-refractivity contribution in [1.82, 2.24) is 0 Å². The van der Waals surface area contributed by atoms with Gasteiger partial charge in [0.05, 0.1) is 12.2 Å². The minimum absolute atomic E-state index is 0.0282. The molecule has 2 N–H and O–H groups in total. The SMILES string of the molecule is O=C(O)c1ccc(COCCCO)c(F)c1. The molecule has 0 radical (unpaired) electrons. The smallest absolute Gasteiger partial charge is 0.335 e. The van der Waals surface area contributed by atoms with Crippen molar-refractivity contribution in [3.05, 3.63) is 35.1 Å². The first-order valence-corrected chi connectivity index (χ1v) is 4.85. The lowest BCUT2D eigenvalue weighted by Gasteiger charge is -2.05. The van der Waals surface area contributed by atoms with Gasteiger partial charge in [0, 0.05) is 18.8 Å². The Morgan fingerprint density at radius 2 is 2.19 bits per heavy atom. The van der Waals surface area contributed by atoms with Crippen LogP contribution >= 0.6 is 0 Å². The van der Waals surface area contributed by atoms with Crippen molar-refractivity contribution in [1.29, 1.82) is 0 Å². The fraction of sp³-hybridized carbons (Fsp3) is 0.364. The summed E-state index contributed by atoms with van der Waals surface area (Å²) in [5.41, 5.74) is 0.222. The Balaban J connectivity index is 2.57. The number of aliphatic hydroxyl groups excluding tert-OH is 1. The zero-order chi connectivity index (χ0) is 12.0. The van der Waals surface area contributed by atoms with E-state index in [0.29, 0.717) is 18.6 Å². The number of hydrogen-bond donors (Lipinski definition) is 2. The van der Waals surface area contributed by atoms with Crippen LogP contribution in [0.2, 0.25) is 0 Å². The van der Waals surface area contributed by atoms with Gasteiger partial charge in [0.2, 0.25) is 0 Å². The van der Waals surface area contributed by atoms with Crippen molar-refractivity contribution in [2.45, 2.75) is 13.0 Å². The van der Waals surface area contributed by atoms with Gasteiger partial charge >= 0.3 is 5.97 Å². The van der Waals surface area contributed by atoms with Crippen molar-refractivity contribution in [3.8, 4) is 0 Å². The van der Waals surface area contributed by atoms with E-state index < -0.39 is 11.8 Å². The molecular weight excluding hydrogens is 215 g/mol. The van der Waals surface area contributed by atoms with Crippen LogP contribution in [0, 0.1) is 5.82 Å². The van der Waals surface area contributed by atoms with Crippen LogP contribution in [0.4, 0.5) is 4.39 Å². The van der Waals surface area contributed by atoms with Crippen molar-refractivity contribution < 1.29 is 24.1 Å². The Morgan fingerprint density at radius 1 is 1.44 bits per heavy atom. The molecule has 0 aliphatic carbocycles. The minimum Gasteiger partial charge on any atom is -0.478 e. The second-order valence-corrected chi connectivity index (χ2v) is 3.24. The third kappa shape index (κ3) is 3.60. The molecule has 0 fully saturated rings. The first-order chi connectivity index (χ1) is 7.65. The highest BCUT2D eigenvalue weighted by Gasteiger charge is 2.07. The van der Waals surface area contributed by atoms with Gasteiger partial charge in [-0.15, -0.1) is 0 Å². The van der Waals surface area contributed by atoms with Crippen LogP contribution in [0.25, 0.3) is 0 Å². The van der Waals surface area contributed by atoms with Gasteiger partial charge in [-0.2, -0.15) is 0 Å². The molecule has 4 nitrogen and oxygen atoms in total. The highest BCUT2D eigenvalue weighted by atomic mass is 19.1. The predicted molar refractivity (Wildman–Crippen MR) is 54.7 cm³/mol. The second kappa shape index (κ2) is 6.19. The van der Waals surface area contributed by atoms with E-state index >= 15 is 0 Å². The summed E-state index contributed by atoms with van der Waals surface area (Å²) < 4.78 is 18.4. The Morgan fingerprint density at radius 3 is 2.75 bits per heavy atom. The van der Waals surface area contributed by atoms with E-state index in [1.807, 2.05) is 0 Å². The maximum atomic E-state index is 13.3. The number of carboxylic acids is 1. The molecule has 0 aliphatic heterocycles. The average molecular weight is 228 g/mol. The molecule has 0 heterocycles. The molecule has 0 aromatic heterocycles. The first-order valence-electron chi connectivity index (χ1n) is 4.85. The van der Waals surface area contributed by atoms with Crippen LogP contribution in [-0.2, 0) is 11.3 Å². The Labute approximate surface area is 92.3 Å². The lowest BCUT2D eigenvalue weighted by atomic mass is 10.1. The van der Waals surface area contributed by atoms with E-state index in [9.17, 15) is 9.18 Å². The number of carboxylic acid groups (broad SMARTS) is 1. The summed E-state index contributed by atoms with van der Waals surface area (Å²) in [4.78, 5) is 10.5. The molecular formula is C11H13FO4. The third-order valence-electron chi connectivity index (χ3n) is 2.00. The van der Waals surface area contributed by atoms with Crippen LogP contribution in [0.15, 0.2) is 18.2 Å². The molecule has 0 atom stereocenters. The maximum absolute atomic E-state index is 13.3. The van der Waals surface area contributed by atoms with E-state index in [1.54, 1.807) is 0 Å². The number of aliphatic hydroxyl groups is 1. The van der Waals surface area contributed by atoms with Gasteiger partial charge in [-0.1, -0.05) is 6.07 Å². The molecule has 5 heteroatoms. The highest BCUT2D eigenvalue weighted by molar-refractivity contribution is 5.87. The number of rotatable bonds is 6. The Kier molecular flexibility index (Phi) is 4.88. The molecule has 1 aromatic carbocycles. The topological polar surface area (TPSA) is 66.8 Å². The van der Waals surface area contributed by atoms with Gasteiger partial charge in [0.25, 0.3) is 0 Å². The third-order valence-corrected chi connectivity index (χ3v) is 2.00. The molecule has 1 rings (SSSR count). The summed E-state index contributed by atoms with van der Waals surface area (Å²) in [6.07, 6.45) is 0.495. The van der Waals surface area contributed by atoms with E-state index in [1.165, 1.54) is 12.1 Å². The molecule has 0 amide bonds. The van der Waals surface area contributed by atoms with Gasteiger partial charge in [0.15, 0.2) is 0 Å². The van der Waals surface area contributed by atoms with Crippen molar-refractivity contribution in [3.63, 3.8) is 0 Å². The molecule has 88 valence electrons. The summed E-state index contributed by atoms with van der Waals surface area (Å²) in [6.45, 7) is 0.447. The molecule has 0 bridgehead atoms. The molecule has 0 saturated carbocycles. The summed E-state index contributed by atoms with van der Waals surface area (Å²) in [6, 6.07) is 3.68. The molecule has 0 aliphatic rings. The quantitative estimate of drug-likeness (QED) is 0.723. The van der Waals surface area contributed by atoms with Crippen LogP contribution in [-0.4, -0.2) is 29.4 Å². The molecule has 0 unspecified atom stereocenters. The van der Waals surface area contributed by atoms with E-state index in [-0.39, 0.29) is 18.8 Å². The molecule has 16 heavy (non-hydrogen) atoms. The summed E-state index contributed by atoms with van der Waals surface area (Å²) >= 11 is 0. The van der Waals surface area contributed by atoms with Crippen LogP contribution in [0.1, 0.15) is 22.3 Å². The standard InChI is InChI=1S/C11H13FO4/c12-10-6-8(11(14)15)2-3-9(10)7-16-5-1-4-13/h2-3,6,13H,1,4-5,7H2,(H,14,15). The normalized spacial score (nSPS) is 10.4. The van der Waals surface area contributed by atoms with Crippen LogP contribution < -0.4 is 0 Å². The largest absolute Gasteiger partial charge is 0.478 e. The first kappa shape index (κ1) is 12.6. The summed E-state index contributed by atoms with van der Waals surface area (Å²) in [5, 5.41) is 17.1. The molecule has 1 aromatic rings. The molecule has 0 spiro atoms. The number of hydrogen-bond acceptors (Lipinski definition) is 3. The number of carbonyl (C=O) groups is 1. The fourth-order valence-corrected chi connectivity index (χ4v) is 1.15. The lowest BCUT2D eigenvalue weighted by Crippen LogP contribution is -2.02. The highest BCUT2D eigenvalue weighted by Crippen LogP contribution is 2.11. The number of ether oxygens (including phenoxy) is 1. The zero-order valence-electron chi connectivity index (χ0n) is 8.65. The maximum Gasteiger partial charge on any atom is 0.335 e. The van der Waals surface area contributed by atoms with Crippen molar-refractivity contribution in [2.24, 2.45) is 0 Å². The van der Waals surface area contributed by atoms with Gasteiger partial charge in [-0.25, -0.2) is 9.18 Å². The minimum atomic E-state index is -1.16. The van der Waals surface area contributed by atoms with Gasteiger partial charge in [-0.05, 0) is 18.6 Å². The monoisotopic (exact) mass is 228 g/mol. The summed E-state index contributed by atoms with van der Waals surface area (Å²) in [5.74, 6) is -1.75. The van der Waals surface area contributed by atoms with Crippen molar-refractivity contribution >= 4 is 5.97 Å². The Bertz CT molecular complexity index is 365. The number of aromatic carboxylic acids is 1. The van der Waals surface area contributed by atoms with Crippen LogP contribution in [0.5, 0.6) is 0 Å². The van der Waals surface area contributed by atoms with Crippen LogP contribution in [0.3, 0.4) is 0 Å². The van der Waals surface area contributed by atoms with Gasteiger partial charge in [0.1, 0.15) is 5.82 Å². The zero-order valence-corrected chi connectivity index (χ0v) is 8.65. The van der Waals surface area contributed by atoms with Crippen molar-refractivity contribution in [2.75, 3.05) is 13.2 Å². The lowest BCUT2D eigenvalue weighted by molar-refractivity contribution is 0.0695. The van der Waals surface area contributed by atoms with E-state index in [4.69, 9.17) is 14.9 Å². The number of halogens is 1. The van der Waals surface area contributed by atoms with Gasteiger partial charge in [-0.3, -0.25) is 0 Å². The molecule has 0 saturated heterocycles. The second-order valence-electron chi connectivity index (χ2n) is 3.24. The number of benzene rings is 1. The Hall–Kier alpha value is -1.46. The average Bonchev–Trinajstić information content (AvgIpc) is 2.26.